The predicted octanol–water partition coefficient (Wildman–Crippen LogP) is -0.0465. The minimum atomic E-state index is -1.14. The molecule has 0 radical (unpaired) electrons. The first-order valence-corrected chi connectivity index (χ1v) is 3.33. The lowest BCUT2D eigenvalue weighted by Gasteiger charge is -1.94. The lowest BCUT2D eigenvalue weighted by molar-refractivity contribution is 0.0685. The quantitative estimate of drug-likeness (QED) is 0.696. The first kappa shape index (κ1) is 7.47. The molecule has 7 nitrogen and oxygen atoms in total. The lowest BCUT2D eigenvalue weighted by atomic mass is 10.5. The number of aromatic nitrogens is 4. The van der Waals surface area contributed by atoms with E-state index in [1.54, 1.807) is 0 Å². The summed E-state index contributed by atoms with van der Waals surface area (Å²) in [5.41, 5.74) is -0.0950. The molecule has 0 spiro atoms. The first-order chi connectivity index (χ1) is 6.29. The summed E-state index contributed by atoms with van der Waals surface area (Å²) in [6, 6.07) is 0.0786. The molecule has 2 heterocycles. The molecule has 0 aliphatic carbocycles. The summed E-state index contributed by atoms with van der Waals surface area (Å²) in [7, 11) is 0. The molecule has 0 saturated heterocycles. The van der Waals surface area contributed by atoms with Crippen molar-refractivity contribution in [2.24, 2.45) is 0 Å². The number of hydrogen-bond acceptors (Lipinski definition) is 5. The van der Waals surface area contributed by atoms with E-state index in [9.17, 15) is 4.79 Å². The van der Waals surface area contributed by atoms with Gasteiger partial charge in [0.15, 0.2) is 5.69 Å². The van der Waals surface area contributed by atoms with E-state index >= 15 is 0 Å². The van der Waals surface area contributed by atoms with Gasteiger partial charge in [0.05, 0.1) is 12.4 Å². The standard InChI is InChI=1S/C6H4N4O3/c11-5(12)4-3-8-9-10(4)6-7-1-2-13-6/h1-3H,(H,11,12). The molecular formula is C6H4N4O3. The van der Waals surface area contributed by atoms with Gasteiger partial charge in [-0.1, -0.05) is 5.21 Å². The molecule has 0 aliphatic rings. The van der Waals surface area contributed by atoms with Crippen molar-refractivity contribution in [2.45, 2.75) is 0 Å². The maximum atomic E-state index is 10.6. The van der Waals surface area contributed by atoms with Crippen LogP contribution in [0.1, 0.15) is 10.5 Å². The Morgan fingerprint density at radius 2 is 2.46 bits per heavy atom. The zero-order chi connectivity index (χ0) is 9.26. The minimum Gasteiger partial charge on any atom is -0.476 e. The van der Waals surface area contributed by atoms with Crippen molar-refractivity contribution < 1.29 is 14.3 Å². The molecule has 0 bridgehead atoms. The number of oxazole rings is 1. The molecule has 0 fully saturated rings. The average Bonchev–Trinajstić information content (AvgIpc) is 2.74. The number of carboxylic acids is 1. The molecule has 7 heteroatoms. The highest BCUT2D eigenvalue weighted by Gasteiger charge is 2.15. The van der Waals surface area contributed by atoms with E-state index in [2.05, 4.69) is 15.3 Å². The van der Waals surface area contributed by atoms with Gasteiger partial charge in [-0.2, -0.15) is 4.68 Å². The molecule has 0 aliphatic heterocycles. The monoisotopic (exact) mass is 180 g/mol. The summed E-state index contributed by atoms with van der Waals surface area (Å²) >= 11 is 0. The predicted molar refractivity (Wildman–Crippen MR) is 38.4 cm³/mol. The SMILES string of the molecule is O=C(O)c1cnnn1-c1ncco1. The third-order valence-corrected chi connectivity index (χ3v) is 1.37. The molecule has 13 heavy (non-hydrogen) atoms. The van der Waals surface area contributed by atoms with Gasteiger partial charge in [-0.25, -0.2) is 9.78 Å². The van der Waals surface area contributed by atoms with Crippen LogP contribution in [0.5, 0.6) is 0 Å². The molecule has 0 unspecified atom stereocenters. The maximum absolute atomic E-state index is 10.6. The van der Waals surface area contributed by atoms with E-state index in [1.165, 1.54) is 12.5 Å². The Morgan fingerprint density at radius 1 is 1.62 bits per heavy atom. The van der Waals surface area contributed by atoms with Gasteiger partial charge in [-0.05, 0) is 0 Å². The van der Waals surface area contributed by atoms with Crippen LogP contribution in [0.15, 0.2) is 23.1 Å². The molecule has 0 aromatic carbocycles. The fraction of sp³-hybridized carbons (Fsp3) is 0. The van der Waals surface area contributed by atoms with Gasteiger partial charge in [-0.3, -0.25) is 0 Å². The van der Waals surface area contributed by atoms with Crippen LogP contribution in [0.3, 0.4) is 0 Å². The van der Waals surface area contributed by atoms with Crippen molar-refractivity contribution in [2.75, 3.05) is 0 Å². The van der Waals surface area contributed by atoms with Gasteiger partial charge in [0, 0.05) is 0 Å². The van der Waals surface area contributed by atoms with Crippen molar-refractivity contribution in [3.63, 3.8) is 0 Å². The van der Waals surface area contributed by atoms with Crippen LogP contribution in [-0.4, -0.2) is 31.1 Å². The van der Waals surface area contributed by atoms with E-state index in [4.69, 9.17) is 9.52 Å². The highest BCUT2D eigenvalue weighted by molar-refractivity contribution is 5.85. The van der Waals surface area contributed by atoms with Crippen molar-refractivity contribution in [3.8, 4) is 6.01 Å². The zero-order valence-corrected chi connectivity index (χ0v) is 6.28. The minimum absolute atomic E-state index is 0.0786. The summed E-state index contributed by atoms with van der Waals surface area (Å²) in [4.78, 5) is 14.3. The number of rotatable bonds is 2. The second-order valence-electron chi connectivity index (χ2n) is 2.15. The first-order valence-electron chi connectivity index (χ1n) is 3.33. The van der Waals surface area contributed by atoms with Crippen LogP contribution in [0.4, 0.5) is 0 Å². The fourth-order valence-electron chi connectivity index (χ4n) is 0.843. The molecule has 0 atom stereocenters. The van der Waals surface area contributed by atoms with Crippen LogP contribution in [-0.2, 0) is 0 Å². The molecule has 0 saturated carbocycles. The second kappa shape index (κ2) is 2.70. The summed E-state index contributed by atoms with van der Waals surface area (Å²) in [5, 5.41) is 15.6. The Labute approximate surface area is 71.6 Å². The normalized spacial score (nSPS) is 10.2. The molecule has 2 rings (SSSR count). The Morgan fingerprint density at radius 3 is 3.08 bits per heavy atom. The van der Waals surface area contributed by atoms with Crippen molar-refractivity contribution in [3.05, 3.63) is 24.4 Å². The number of aromatic carboxylic acids is 1. The average molecular weight is 180 g/mol. The molecule has 0 amide bonds. The van der Waals surface area contributed by atoms with Gasteiger partial charge in [0.2, 0.25) is 0 Å². The maximum Gasteiger partial charge on any atom is 0.356 e. The van der Waals surface area contributed by atoms with Gasteiger partial charge >= 0.3 is 12.0 Å². The van der Waals surface area contributed by atoms with Crippen LogP contribution >= 0.6 is 0 Å². The Bertz CT molecular complexity index is 419. The van der Waals surface area contributed by atoms with E-state index in [1.807, 2.05) is 0 Å². The second-order valence-corrected chi connectivity index (χ2v) is 2.15. The Kier molecular flexibility index (Phi) is 1.55. The largest absolute Gasteiger partial charge is 0.476 e. The number of hydrogen-bond donors (Lipinski definition) is 1. The zero-order valence-electron chi connectivity index (χ0n) is 6.28. The van der Waals surface area contributed by atoms with Crippen molar-refractivity contribution in [1.29, 1.82) is 0 Å². The highest BCUT2D eigenvalue weighted by Crippen LogP contribution is 2.05. The lowest BCUT2D eigenvalue weighted by Crippen LogP contribution is -2.07. The summed E-state index contributed by atoms with van der Waals surface area (Å²) in [5.74, 6) is -1.14. The van der Waals surface area contributed by atoms with Gasteiger partial charge < -0.3 is 9.52 Å². The van der Waals surface area contributed by atoms with Crippen LogP contribution in [0.2, 0.25) is 0 Å². The smallest absolute Gasteiger partial charge is 0.356 e. The van der Waals surface area contributed by atoms with E-state index in [-0.39, 0.29) is 11.7 Å². The van der Waals surface area contributed by atoms with E-state index < -0.39 is 5.97 Å². The molecule has 66 valence electrons. The Balaban J connectivity index is 2.52. The van der Waals surface area contributed by atoms with Gasteiger partial charge in [0.25, 0.3) is 0 Å². The van der Waals surface area contributed by atoms with E-state index in [0.717, 1.165) is 10.9 Å². The summed E-state index contributed by atoms with van der Waals surface area (Å²) < 4.78 is 5.86. The van der Waals surface area contributed by atoms with Crippen molar-refractivity contribution >= 4 is 5.97 Å². The van der Waals surface area contributed by atoms with Crippen LogP contribution in [0.25, 0.3) is 6.01 Å². The van der Waals surface area contributed by atoms with E-state index in [0.29, 0.717) is 0 Å². The molecule has 1 N–H and O–H groups in total. The highest BCUT2D eigenvalue weighted by atomic mass is 16.4. The van der Waals surface area contributed by atoms with Crippen LogP contribution < -0.4 is 0 Å². The van der Waals surface area contributed by atoms with Gasteiger partial charge in [0.1, 0.15) is 6.26 Å². The molecule has 2 aromatic heterocycles. The fourth-order valence-corrected chi connectivity index (χ4v) is 0.843. The number of nitrogens with zero attached hydrogens (tertiary/aromatic N) is 4. The summed E-state index contributed by atoms with van der Waals surface area (Å²) in [6.07, 6.45) is 3.83. The molecular weight excluding hydrogens is 176 g/mol. The number of carbonyl (C=O) groups is 1. The van der Waals surface area contributed by atoms with Crippen LogP contribution in [0, 0.1) is 0 Å². The summed E-state index contributed by atoms with van der Waals surface area (Å²) in [6.45, 7) is 0. The third-order valence-electron chi connectivity index (χ3n) is 1.37. The third kappa shape index (κ3) is 1.15. The Hall–Kier alpha value is -2.18. The topological polar surface area (TPSA) is 94.0 Å². The van der Waals surface area contributed by atoms with Crippen molar-refractivity contribution in [1.82, 2.24) is 20.0 Å². The number of carboxylic acid groups (broad SMARTS) is 1. The van der Waals surface area contributed by atoms with Gasteiger partial charge in [-0.15, -0.1) is 5.10 Å². The molecule has 2 aromatic rings.